The standard InChI is InChI=1S/C18H23N3O3/c1-12-16(19-17(22)13(2)24-11-14-9-10-14)18(23)21(20(12)3)15-7-5-4-6-8-15/h4-8,13-14H,9-11H2,1-3H3,(H,19,22). The molecule has 1 amide bonds. The average Bonchev–Trinajstić information content (AvgIpc) is 3.38. The lowest BCUT2D eigenvalue weighted by Crippen LogP contribution is -2.31. The summed E-state index contributed by atoms with van der Waals surface area (Å²) in [6, 6.07) is 9.35. The number of benzene rings is 1. The predicted octanol–water partition coefficient (Wildman–Crippen LogP) is 2.24. The van der Waals surface area contributed by atoms with Crippen molar-refractivity contribution < 1.29 is 9.53 Å². The van der Waals surface area contributed by atoms with Crippen LogP contribution in [0.25, 0.3) is 5.69 Å². The number of carbonyl (C=O) groups excluding carboxylic acids is 1. The summed E-state index contributed by atoms with van der Waals surface area (Å²) in [6.07, 6.45) is 1.77. The second-order valence-electron chi connectivity index (χ2n) is 6.34. The fourth-order valence-corrected chi connectivity index (χ4v) is 2.58. The summed E-state index contributed by atoms with van der Waals surface area (Å²) in [5, 5.41) is 2.74. The van der Waals surface area contributed by atoms with Crippen LogP contribution in [0.3, 0.4) is 0 Å². The number of hydrogen-bond acceptors (Lipinski definition) is 3. The number of hydrogen-bond donors (Lipinski definition) is 1. The van der Waals surface area contributed by atoms with E-state index in [1.807, 2.05) is 37.3 Å². The molecule has 1 N–H and O–H groups in total. The topological polar surface area (TPSA) is 65.3 Å². The molecule has 1 unspecified atom stereocenters. The van der Waals surface area contributed by atoms with Crippen LogP contribution < -0.4 is 10.9 Å². The molecule has 0 radical (unpaired) electrons. The zero-order valence-electron chi connectivity index (χ0n) is 14.3. The van der Waals surface area contributed by atoms with Crippen LogP contribution in [0.5, 0.6) is 0 Å². The maximum absolute atomic E-state index is 12.7. The summed E-state index contributed by atoms with van der Waals surface area (Å²) in [6.45, 7) is 4.13. The van der Waals surface area contributed by atoms with E-state index in [0.29, 0.717) is 23.9 Å². The number of aromatic nitrogens is 2. The molecule has 1 aliphatic rings. The van der Waals surface area contributed by atoms with Crippen molar-refractivity contribution in [1.82, 2.24) is 9.36 Å². The van der Waals surface area contributed by atoms with Gasteiger partial charge in [-0.05, 0) is 44.7 Å². The van der Waals surface area contributed by atoms with Crippen molar-refractivity contribution in [2.45, 2.75) is 32.8 Å². The first-order chi connectivity index (χ1) is 11.5. The molecule has 24 heavy (non-hydrogen) atoms. The largest absolute Gasteiger partial charge is 0.368 e. The van der Waals surface area contributed by atoms with Gasteiger partial charge < -0.3 is 10.1 Å². The van der Waals surface area contributed by atoms with Crippen LogP contribution in [-0.2, 0) is 16.6 Å². The fraction of sp³-hybridized carbons (Fsp3) is 0.444. The van der Waals surface area contributed by atoms with Crippen molar-refractivity contribution in [3.8, 4) is 5.69 Å². The van der Waals surface area contributed by atoms with Gasteiger partial charge in [-0.25, -0.2) is 4.68 Å². The molecule has 0 saturated heterocycles. The lowest BCUT2D eigenvalue weighted by atomic mass is 10.3. The lowest BCUT2D eigenvalue weighted by Gasteiger charge is -2.12. The van der Waals surface area contributed by atoms with E-state index in [0.717, 1.165) is 5.69 Å². The van der Waals surface area contributed by atoms with Crippen molar-refractivity contribution in [3.05, 3.63) is 46.4 Å². The van der Waals surface area contributed by atoms with Crippen LogP contribution in [-0.4, -0.2) is 28.0 Å². The van der Waals surface area contributed by atoms with Gasteiger partial charge in [0.2, 0.25) is 0 Å². The van der Waals surface area contributed by atoms with Crippen molar-refractivity contribution in [3.63, 3.8) is 0 Å². The summed E-state index contributed by atoms with van der Waals surface area (Å²) >= 11 is 0. The van der Waals surface area contributed by atoms with Crippen molar-refractivity contribution in [1.29, 1.82) is 0 Å². The molecule has 128 valence electrons. The molecule has 2 aromatic rings. The minimum absolute atomic E-state index is 0.246. The monoisotopic (exact) mass is 329 g/mol. The minimum Gasteiger partial charge on any atom is -0.368 e. The molecule has 1 aliphatic carbocycles. The summed E-state index contributed by atoms with van der Waals surface area (Å²) in [5.74, 6) is 0.302. The Kier molecular flexibility index (Phi) is 4.57. The Labute approximate surface area is 141 Å². The Bertz CT molecular complexity index is 788. The van der Waals surface area contributed by atoms with Gasteiger partial charge in [-0.2, -0.15) is 0 Å². The molecule has 1 fully saturated rings. The van der Waals surface area contributed by atoms with Gasteiger partial charge in [0, 0.05) is 7.05 Å². The van der Waals surface area contributed by atoms with E-state index < -0.39 is 6.10 Å². The quantitative estimate of drug-likeness (QED) is 0.884. The Morgan fingerprint density at radius 2 is 2.00 bits per heavy atom. The Morgan fingerprint density at radius 1 is 1.33 bits per heavy atom. The van der Waals surface area contributed by atoms with E-state index >= 15 is 0 Å². The highest BCUT2D eigenvalue weighted by molar-refractivity contribution is 5.94. The third-order valence-electron chi connectivity index (χ3n) is 4.45. The van der Waals surface area contributed by atoms with E-state index in [1.54, 1.807) is 23.3 Å². The first-order valence-corrected chi connectivity index (χ1v) is 8.25. The maximum atomic E-state index is 12.7. The number of amides is 1. The third kappa shape index (κ3) is 3.28. The number of para-hydroxylation sites is 1. The molecule has 0 bridgehead atoms. The molecule has 1 aromatic carbocycles. The molecule has 6 nitrogen and oxygen atoms in total. The molecule has 3 rings (SSSR count). The van der Waals surface area contributed by atoms with Gasteiger partial charge >= 0.3 is 0 Å². The number of nitrogens with zero attached hydrogens (tertiary/aromatic N) is 2. The van der Waals surface area contributed by atoms with Gasteiger partial charge in [0.25, 0.3) is 11.5 Å². The predicted molar refractivity (Wildman–Crippen MR) is 92.5 cm³/mol. The molecule has 1 heterocycles. The molecule has 6 heteroatoms. The molecule has 1 saturated carbocycles. The SMILES string of the molecule is Cc1c(NC(=O)C(C)OCC2CC2)c(=O)n(-c2ccccc2)n1C. The van der Waals surface area contributed by atoms with Gasteiger partial charge in [-0.3, -0.25) is 14.3 Å². The summed E-state index contributed by atoms with van der Waals surface area (Å²) < 4.78 is 8.86. The third-order valence-corrected chi connectivity index (χ3v) is 4.45. The average molecular weight is 329 g/mol. The van der Waals surface area contributed by atoms with Crippen LogP contribution in [0.2, 0.25) is 0 Å². The zero-order valence-corrected chi connectivity index (χ0v) is 14.3. The number of carbonyl (C=O) groups is 1. The van der Waals surface area contributed by atoms with Gasteiger partial charge in [-0.1, -0.05) is 18.2 Å². The number of nitrogens with one attached hydrogen (secondary N) is 1. The van der Waals surface area contributed by atoms with Crippen LogP contribution in [0.1, 0.15) is 25.5 Å². The highest BCUT2D eigenvalue weighted by Crippen LogP contribution is 2.29. The minimum atomic E-state index is -0.574. The van der Waals surface area contributed by atoms with Crippen LogP contribution in [0, 0.1) is 12.8 Å². The van der Waals surface area contributed by atoms with Gasteiger partial charge in [-0.15, -0.1) is 0 Å². The van der Waals surface area contributed by atoms with Crippen molar-refractivity contribution in [2.24, 2.45) is 13.0 Å². The van der Waals surface area contributed by atoms with E-state index in [2.05, 4.69) is 5.32 Å². The summed E-state index contributed by atoms with van der Waals surface area (Å²) in [4.78, 5) is 25.0. The second kappa shape index (κ2) is 6.65. The highest BCUT2D eigenvalue weighted by atomic mass is 16.5. The molecular weight excluding hydrogens is 306 g/mol. The van der Waals surface area contributed by atoms with Gasteiger partial charge in [0.1, 0.15) is 11.8 Å². The Balaban J connectivity index is 1.81. The lowest BCUT2D eigenvalue weighted by molar-refractivity contribution is -0.126. The maximum Gasteiger partial charge on any atom is 0.295 e. The van der Waals surface area contributed by atoms with E-state index in [9.17, 15) is 9.59 Å². The second-order valence-corrected chi connectivity index (χ2v) is 6.34. The van der Waals surface area contributed by atoms with Gasteiger partial charge in [0.15, 0.2) is 0 Å². The molecule has 1 aromatic heterocycles. The normalized spacial score (nSPS) is 15.3. The first kappa shape index (κ1) is 16.5. The molecule has 0 aliphatic heterocycles. The number of anilines is 1. The first-order valence-electron chi connectivity index (χ1n) is 8.25. The van der Waals surface area contributed by atoms with E-state index in [4.69, 9.17) is 4.74 Å². The molecule has 0 spiro atoms. The van der Waals surface area contributed by atoms with E-state index in [1.165, 1.54) is 12.8 Å². The smallest absolute Gasteiger partial charge is 0.295 e. The number of rotatable bonds is 6. The Morgan fingerprint density at radius 3 is 2.62 bits per heavy atom. The zero-order chi connectivity index (χ0) is 17.3. The van der Waals surface area contributed by atoms with E-state index in [-0.39, 0.29) is 11.5 Å². The highest BCUT2D eigenvalue weighted by Gasteiger charge is 2.25. The fourth-order valence-electron chi connectivity index (χ4n) is 2.58. The summed E-state index contributed by atoms with van der Waals surface area (Å²) in [5.41, 5.74) is 1.51. The summed E-state index contributed by atoms with van der Waals surface area (Å²) in [7, 11) is 1.80. The van der Waals surface area contributed by atoms with Crippen LogP contribution in [0.4, 0.5) is 5.69 Å². The van der Waals surface area contributed by atoms with Crippen LogP contribution in [0.15, 0.2) is 35.1 Å². The number of ether oxygens (including phenoxy) is 1. The van der Waals surface area contributed by atoms with Gasteiger partial charge in [0.05, 0.1) is 18.0 Å². The molecule has 1 atom stereocenters. The molecular formula is C18H23N3O3. The van der Waals surface area contributed by atoms with Crippen molar-refractivity contribution in [2.75, 3.05) is 11.9 Å². The van der Waals surface area contributed by atoms with Crippen LogP contribution >= 0.6 is 0 Å². The Hall–Kier alpha value is -2.34. The van der Waals surface area contributed by atoms with Crippen molar-refractivity contribution >= 4 is 11.6 Å².